The van der Waals surface area contributed by atoms with Gasteiger partial charge in [-0.15, -0.1) is 0 Å². The van der Waals surface area contributed by atoms with E-state index >= 15 is 0 Å². The van der Waals surface area contributed by atoms with Gasteiger partial charge in [-0.05, 0) is 6.92 Å². The summed E-state index contributed by atoms with van der Waals surface area (Å²) >= 11 is 0. The Bertz CT molecular complexity index is 1050. The number of carbonyl (C=O) groups is 1. The summed E-state index contributed by atoms with van der Waals surface area (Å²) in [7, 11) is 0. The Morgan fingerprint density at radius 2 is 2.14 bits per heavy atom. The van der Waals surface area contributed by atoms with E-state index in [1.807, 2.05) is 0 Å². The third kappa shape index (κ3) is 3.19. The number of hydrogen-bond donors (Lipinski definition) is 4. The van der Waals surface area contributed by atoms with E-state index in [2.05, 4.69) is 20.1 Å². The van der Waals surface area contributed by atoms with Gasteiger partial charge in [0.1, 0.15) is 23.8 Å². The van der Waals surface area contributed by atoms with Crippen molar-refractivity contribution in [3.8, 4) is 5.95 Å². The van der Waals surface area contributed by atoms with Crippen molar-refractivity contribution in [1.29, 1.82) is 0 Å². The Morgan fingerprint density at radius 1 is 1.34 bits per heavy atom. The number of aliphatic hydroxyl groups is 3. The largest absolute Gasteiger partial charge is 0.462 e. The minimum atomic E-state index is -1.32. The Labute approximate surface area is 163 Å². The predicted molar refractivity (Wildman–Crippen MR) is 95.8 cm³/mol. The number of nitrogens with two attached hydrogens (primary N) is 1. The van der Waals surface area contributed by atoms with Crippen molar-refractivity contribution in [2.24, 2.45) is 0 Å². The smallest absolute Gasteiger partial charge is 0.341 e. The molecule has 5 N–H and O–H groups in total. The number of ether oxygens (including phenoxy) is 2. The van der Waals surface area contributed by atoms with Crippen LogP contribution in [-0.2, 0) is 9.47 Å². The molecule has 1 aliphatic rings. The summed E-state index contributed by atoms with van der Waals surface area (Å²) < 4.78 is 13.1. The second-order valence-electron chi connectivity index (χ2n) is 6.36. The first-order valence-corrected chi connectivity index (χ1v) is 8.79. The summed E-state index contributed by atoms with van der Waals surface area (Å²) in [6.07, 6.45) is -0.542. The van der Waals surface area contributed by atoms with Gasteiger partial charge in [-0.1, -0.05) is 0 Å². The molecule has 0 bridgehead atoms. The minimum Gasteiger partial charge on any atom is -0.462 e. The Hall–Kier alpha value is -3.13. The molecule has 2 unspecified atom stereocenters. The number of imidazole rings is 1. The highest BCUT2D eigenvalue weighted by atomic mass is 16.6. The molecule has 1 aliphatic heterocycles. The van der Waals surface area contributed by atoms with Gasteiger partial charge in [0.05, 0.1) is 31.3 Å². The Balaban J connectivity index is 1.74. The summed E-state index contributed by atoms with van der Waals surface area (Å²) in [5.41, 5.74) is 6.67. The van der Waals surface area contributed by atoms with Crippen LogP contribution >= 0.6 is 0 Å². The fraction of sp³-hybridized carbons (Fsp3) is 0.438. The van der Waals surface area contributed by atoms with Crippen LogP contribution in [0.2, 0.25) is 0 Å². The Kier molecular flexibility index (Phi) is 4.87. The molecule has 13 nitrogen and oxygen atoms in total. The molecule has 0 amide bonds. The van der Waals surface area contributed by atoms with Gasteiger partial charge in [0, 0.05) is 6.20 Å². The van der Waals surface area contributed by atoms with E-state index in [0.717, 1.165) is 0 Å². The van der Waals surface area contributed by atoms with Gasteiger partial charge < -0.3 is 30.5 Å². The zero-order valence-corrected chi connectivity index (χ0v) is 15.3. The first kappa shape index (κ1) is 19.2. The number of esters is 1. The van der Waals surface area contributed by atoms with Crippen molar-refractivity contribution in [2.75, 3.05) is 18.9 Å². The lowest BCUT2D eigenvalue weighted by Crippen LogP contribution is -2.33. The molecule has 4 heterocycles. The van der Waals surface area contributed by atoms with Crippen molar-refractivity contribution in [2.45, 2.75) is 31.5 Å². The van der Waals surface area contributed by atoms with E-state index in [9.17, 15) is 20.1 Å². The molecule has 29 heavy (non-hydrogen) atoms. The number of anilines is 1. The standard InChI is InChI=1S/C16H19N7O6/c1-2-28-15(27)7-3-19-23(4-7)16-20-12(17)9-13(21-16)22(6-18-9)14-11(26)10(25)8(5-24)29-14/h3-4,6,8,10-11,14,24-26H,2,5H2,1H3,(H2,17,20,21)/t8?,10-,11-,14?/m1/s1. The molecular formula is C16H19N7O6. The molecule has 4 rings (SSSR count). The number of hydrogen-bond acceptors (Lipinski definition) is 11. The highest BCUT2D eigenvalue weighted by molar-refractivity contribution is 5.89. The lowest BCUT2D eigenvalue weighted by molar-refractivity contribution is -0.0511. The first-order chi connectivity index (χ1) is 13.9. The molecule has 0 saturated carbocycles. The van der Waals surface area contributed by atoms with E-state index in [1.165, 1.54) is 28.0 Å². The fourth-order valence-corrected chi connectivity index (χ4v) is 3.08. The van der Waals surface area contributed by atoms with E-state index in [4.69, 9.17) is 15.2 Å². The van der Waals surface area contributed by atoms with Crippen LogP contribution in [-0.4, -0.2) is 82.1 Å². The molecule has 1 saturated heterocycles. The van der Waals surface area contributed by atoms with Gasteiger partial charge in [0.25, 0.3) is 5.95 Å². The predicted octanol–water partition coefficient (Wildman–Crippen LogP) is -1.62. The molecule has 0 radical (unpaired) electrons. The quantitative estimate of drug-likeness (QED) is 0.358. The van der Waals surface area contributed by atoms with Crippen molar-refractivity contribution >= 4 is 23.0 Å². The van der Waals surface area contributed by atoms with Crippen molar-refractivity contribution in [1.82, 2.24) is 29.3 Å². The number of fused-ring (bicyclic) bond motifs is 1. The minimum absolute atomic E-state index is 0.0451. The van der Waals surface area contributed by atoms with E-state index < -0.39 is 37.1 Å². The van der Waals surface area contributed by atoms with Crippen LogP contribution in [0.15, 0.2) is 18.7 Å². The molecule has 0 aliphatic carbocycles. The second kappa shape index (κ2) is 7.36. The average molecular weight is 405 g/mol. The van der Waals surface area contributed by atoms with Crippen molar-refractivity contribution < 1.29 is 29.6 Å². The fourth-order valence-electron chi connectivity index (χ4n) is 3.08. The van der Waals surface area contributed by atoms with Gasteiger partial charge in [-0.3, -0.25) is 4.57 Å². The molecule has 0 spiro atoms. The third-order valence-electron chi connectivity index (χ3n) is 4.53. The summed E-state index contributed by atoms with van der Waals surface area (Å²) in [5, 5.41) is 33.6. The van der Waals surface area contributed by atoms with Gasteiger partial charge in [0.2, 0.25) is 0 Å². The summed E-state index contributed by atoms with van der Waals surface area (Å²) in [6.45, 7) is 1.45. The van der Waals surface area contributed by atoms with Crippen LogP contribution in [0.1, 0.15) is 23.5 Å². The number of carbonyl (C=O) groups excluding carboxylic acids is 1. The van der Waals surface area contributed by atoms with Crippen LogP contribution in [0.25, 0.3) is 17.1 Å². The van der Waals surface area contributed by atoms with Crippen LogP contribution in [0, 0.1) is 0 Å². The number of aromatic nitrogens is 6. The summed E-state index contributed by atoms with van der Waals surface area (Å²) in [5.74, 6) is -0.438. The number of aliphatic hydroxyl groups excluding tert-OH is 3. The number of rotatable bonds is 5. The Morgan fingerprint density at radius 3 is 2.83 bits per heavy atom. The van der Waals surface area contributed by atoms with Crippen LogP contribution in [0.3, 0.4) is 0 Å². The van der Waals surface area contributed by atoms with E-state index in [1.54, 1.807) is 6.92 Å². The van der Waals surface area contributed by atoms with Crippen LogP contribution < -0.4 is 5.73 Å². The lowest BCUT2D eigenvalue weighted by atomic mass is 10.1. The molecule has 3 aromatic heterocycles. The molecule has 0 aromatic carbocycles. The number of nitrogens with zero attached hydrogens (tertiary/aromatic N) is 6. The van der Waals surface area contributed by atoms with E-state index in [-0.39, 0.29) is 35.1 Å². The maximum absolute atomic E-state index is 11.8. The molecule has 154 valence electrons. The molecule has 3 aromatic rings. The van der Waals surface area contributed by atoms with Gasteiger partial charge in [-0.25, -0.2) is 14.5 Å². The normalized spacial score (nSPS) is 24.3. The van der Waals surface area contributed by atoms with Crippen molar-refractivity contribution in [3.63, 3.8) is 0 Å². The topological polar surface area (TPSA) is 184 Å². The number of nitrogen functional groups attached to an aromatic ring is 1. The molecule has 4 atom stereocenters. The highest BCUT2D eigenvalue weighted by Crippen LogP contribution is 2.32. The van der Waals surface area contributed by atoms with Gasteiger partial charge >= 0.3 is 5.97 Å². The second-order valence-corrected chi connectivity index (χ2v) is 6.36. The molecule has 13 heteroatoms. The van der Waals surface area contributed by atoms with Crippen LogP contribution in [0.4, 0.5) is 5.82 Å². The first-order valence-electron chi connectivity index (χ1n) is 8.79. The molecule has 1 fully saturated rings. The zero-order valence-electron chi connectivity index (χ0n) is 15.3. The SMILES string of the molecule is CCOC(=O)c1cnn(-c2nc(N)c3ncn(C4OC(CO)[C@@H](O)[C@H]4O)c3n2)c1. The van der Waals surface area contributed by atoms with Gasteiger partial charge in [0.15, 0.2) is 17.7 Å². The van der Waals surface area contributed by atoms with Gasteiger partial charge in [-0.2, -0.15) is 15.1 Å². The zero-order chi connectivity index (χ0) is 20.7. The third-order valence-corrected chi connectivity index (χ3v) is 4.53. The van der Waals surface area contributed by atoms with Crippen molar-refractivity contribution in [3.05, 3.63) is 24.3 Å². The average Bonchev–Trinajstić information content (AvgIpc) is 3.41. The monoisotopic (exact) mass is 405 g/mol. The van der Waals surface area contributed by atoms with Crippen LogP contribution in [0.5, 0.6) is 0 Å². The maximum Gasteiger partial charge on any atom is 0.341 e. The molecular weight excluding hydrogens is 386 g/mol. The van der Waals surface area contributed by atoms with E-state index in [0.29, 0.717) is 0 Å². The summed E-state index contributed by atoms with van der Waals surface area (Å²) in [4.78, 5) is 24.5. The maximum atomic E-state index is 11.8. The summed E-state index contributed by atoms with van der Waals surface area (Å²) in [6, 6.07) is 0. The lowest BCUT2D eigenvalue weighted by Gasteiger charge is -2.16. The highest BCUT2D eigenvalue weighted by Gasteiger charge is 2.44.